The summed E-state index contributed by atoms with van der Waals surface area (Å²) in [6.45, 7) is 1.35. The van der Waals surface area contributed by atoms with Crippen LogP contribution < -0.4 is 11.5 Å². The van der Waals surface area contributed by atoms with Gasteiger partial charge < -0.3 is 21.7 Å². The summed E-state index contributed by atoms with van der Waals surface area (Å²) in [6, 6.07) is 8.73. The first-order valence-corrected chi connectivity index (χ1v) is 7.96. The predicted molar refractivity (Wildman–Crippen MR) is 95.6 cm³/mol. The number of aryl methyl sites for hydroxylation is 1. The fraction of sp³-hybridized carbons (Fsp3) is 0.263. The van der Waals surface area contributed by atoms with E-state index >= 15 is 0 Å². The molecule has 0 saturated heterocycles. The lowest BCUT2D eigenvalue weighted by Crippen LogP contribution is -2.32. The summed E-state index contributed by atoms with van der Waals surface area (Å²) in [5.41, 5.74) is 13.8. The third kappa shape index (κ3) is 4.81. The van der Waals surface area contributed by atoms with E-state index in [4.69, 9.17) is 11.5 Å². The van der Waals surface area contributed by atoms with Crippen molar-refractivity contribution in [2.75, 3.05) is 5.73 Å². The van der Waals surface area contributed by atoms with Crippen molar-refractivity contribution in [1.82, 2.24) is 0 Å². The molecule has 0 amide bonds. The summed E-state index contributed by atoms with van der Waals surface area (Å²) in [6.07, 6.45) is 0.894. The minimum absolute atomic E-state index is 0.123. The van der Waals surface area contributed by atoms with E-state index in [1.54, 1.807) is 24.3 Å². The number of hydrogen-bond acceptors (Lipinski definition) is 6. The summed E-state index contributed by atoms with van der Waals surface area (Å²) >= 11 is 0. The second-order valence-electron chi connectivity index (χ2n) is 6.07. The number of nitrogens with two attached hydrogens (primary N) is 2. The number of aromatic hydroxyl groups is 2. The van der Waals surface area contributed by atoms with Crippen LogP contribution >= 0.6 is 0 Å². The maximum absolute atomic E-state index is 12.2. The van der Waals surface area contributed by atoms with Crippen LogP contribution in [0.2, 0.25) is 0 Å². The van der Waals surface area contributed by atoms with Crippen LogP contribution in [-0.4, -0.2) is 27.8 Å². The lowest BCUT2D eigenvalue weighted by Gasteiger charge is -2.12. The van der Waals surface area contributed by atoms with E-state index in [0.29, 0.717) is 24.1 Å². The number of Topliss-reactive ketones (excluding diaryl/α,β-unsaturated/α-hetero) is 2. The fourth-order valence-electron chi connectivity index (χ4n) is 2.59. The number of ketones is 2. The Balaban J connectivity index is 1.98. The molecule has 0 aliphatic rings. The van der Waals surface area contributed by atoms with Crippen LogP contribution in [0.3, 0.4) is 0 Å². The van der Waals surface area contributed by atoms with Gasteiger partial charge in [-0.1, -0.05) is 12.1 Å². The third-order valence-electron chi connectivity index (χ3n) is 4.08. The first kappa shape index (κ1) is 18.5. The van der Waals surface area contributed by atoms with Gasteiger partial charge in [0.05, 0.1) is 11.6 Å². The van der Waals surface area contributed by atoms with Gasteiger partial charge in [-0.3, -0.25) is 9.59 Å². The molecule has 132 valence electrons. The summed E-state index contributed by atoms with van der Waals surface area (Å²) < 4.78 is 0. The zero-order valence-corrected chi connectivity index (χ0v) is 14.0. The maximum atomic E-state index is 12.2. The van der Waals surface area contributed by atoms with Gasteiger partial charge in [-0.05, 0) is 55.2 Å². The number of carbonyl (C=O) groups excluding carboxylic acids is 2. The van der Waals surface area contributed by atoms with Crippen molar-refractivity contribution in [2.24, 2.45) is 5.73 Å². The number of hydrogen-bond donors (Lipinski definition) is 4. The smallest absolute Gasteiger partial charge is 0.163 e. The molecule has 0 radical (unpaired) electrons. The molecule has 2 aromatic carbocycles. The Bertz CT molecular complexity index is 785. The Kier molecular flexibility index (Phi) is 5.77. The van der Waals surface area contributed by atoms with Gasteiger partial charge in [-0.15, -0.1) is 0 Å². The molecule has 2 aromatic rings. The topological polar surface area (TPSA) is 127 Å². The van der Waals surface area contributed by atoms with Crippen LogP contribution in [0.5, 0.6) is 11.5 Å². The monoisotopic (exact) mass is 342 g/mol. The predicted octanol–water partition coefficient (Wildman–Crippen LogP) is 1.95. The normalized spacial score (nSPS) is 11.9. The van der Waals surface area contributed by atoms with Crippen LogP contribution in [0.25, 0.3) is 0 Å². The van der Waals surface area contributed by atoms with Crippen LogP contribution in [-0.2, 0) is 17.6 Å². The Morgan fingerprint density at radius 2 is 1.76 bits per heavy atom. The molecular formula is C19H22N2O4. The number of phenols is 2. The molecule has 2 rings (SSSR count). The highest BCUT2D eigenvalue weighted by Crippen LogP contribution is 2.26. The van der Waals surface area contributed by atoms with Gasteiger partial charge in [-0.25, -0.2) is 0 Å². The summed E-state index contributed by atoms with van der Waals surface area (Å²) in [7, 11) is 0. The minimum Gasteiger partial charge on any atom is -0.508 e. The fourth-order valence-corrected chi connectivity index (χ4v) is 2.59. The number of anilines is 1. The van der Waals surface area contributed by atoms with E-state index in [-0.39, 0.29) is 35.0 Å². The second kappa shape index (κ2) is 7.81. The van der Waals surface area contributed by atoms with Crippen molar-refractivity contribution >= 4 is 17.3 Å². The molecule has 6 heteroatoms. The Morgan fingerprint density at radius 1 is 1.12 bits per heavy atom. The van der Waals surface area contributed by atoms with Crippen LogP contribution in [0, 0.1) is 0 Å². The zero-order valence-electron chi connectivity index (χ0n) is 14.0. The van der Waals surface area contributed by atoms with E-state index in [1.165, 1.54) is 19.1 Å². The van der Waals surface area contributed by atoms with E-state index in [0.717, 1.165) is 5.56 Å². The maximum Gasteiger partial charge on any atom is 0.163 e. The van der Waals surface area contributed by atoms with Crippen LogP contribution in [0.15, 0.2) is 36.4 Å². The SMILES string of the molecule is CC(=O)c1cc(N)c(CCC(=O)[C@@H](N)Cc2ccc(O)cc2)cc1O. The van der Waals surface area contributed by atoms with Gasteiger partial charge in [0, 0.05) is 12.1 Å². The number of carbonyl (C=O) groups is 2. The average Bonchev–Trinajstić information content (AvgIpc) is 2.56. The van der Waals surface area contributed by atoms with Crippen LogP contribution in [0.1, 0.15) is 34.8 Å². The van der Waals surface area contributed by atoms with E-state index in [2.05, 4.69) is 0 Å². The van der Waals surface area contributed by atoms with Crippen molar-refractivity contribution in [3.05, 3.63) is 53.1 Å². The number of rotatable bonds is 7. The molecule has 6 nitrogen and oxygen atoms in total. The number of nitrogen functional groups attached to an aromatic ring is 1. The molecule has 0 spiro atoms. The Morgan fingerprint density at radius 3 is 2.36 bits per heavy atom. The van der Waals surface area contributed by atoms with Gasteiger partial charge in [0.1, 0.15) is 17.3 Å². The molecule has 0 bridgehead atoms. The molecule has 25 heavy (non-hydrogen) atoms. The Hall–Kier alpha value is -2.86. The molecular weight excluding hydrogens is 320 g/mol. The first-order chi connectivity index (χ1) is 11.8. The number of benzene rings is 2. The molecule has 0 aliphatic heterocycles. The second-order valence-corrected chi connectivity index (χ2v) is 6.07. The zero-order chi connectivity index (χ0) is 18.6. The highest BCUT2D eigenvalue weighted by Gasteiger charge is 2.16. The van der Waals surface area contributed by atoms with Crippen molar-refractivity contribution in [3.63, 3.8) is 0 Å². The molecule has 0 heterocycles. The van der Waals surface area contributed by atoms with E-state index in [1.807, 2.05) is 0 Å². The molecule has 0 unspecified atom stereocenters. The van der Waals surface area contributed by atoms with Crippen molar-refractivity contribution in [2.45, 2.75) is 32.2 Å². The van der Waals surface area contributed by atoms with Gasteiger partial charge >= 0.3 is 0 Å². The lowest BCUT2D eigenvalue weighted by atomic mass is 9.96. The summed E-state index contributed by atoms with van der Waals surface area (Å²) in [5, 5.41) is 19.1. The van der Waals surface area contributed by atoms with Crippen molar-refractivity contribution in [3.8, 4) is 11.5 Å². The Labute approximate surface area is 146 Å². The molecule has 0 aromatic heterocycles. The average molecular weight is 342 g/mol. The molecule has 1 atom stereocenters. The van der Waals surface area contributed by atoms with E-state index < -0.39 is 6.04 Å². The molecule has 6 N–H and O–H groups in total. The van der Waals surface area contributed by atoms with Gasteiger partial charge in [0.15, 0.2) is 5.78 Å². The van der Waals surface area contributed by atoms with E-state index in [9.17, 15) is 19.8 Å². The van der Waals surface area contributed by atoms with Crippen LogP contribution in [0.4, 0.5) is 5.69 Å². The molecule has 0 fully saturated rings. The summed E-state index contributed by atoms with van der Waals surface area (Å²) in [5.74, 6) is -0.379. The van der Waals surface area contributed by atoms with Gasteiger partial charge in [0.2, 0.25) is 0 Å². The minimum atomic E-state index is -0.657. The first-order valence-electron chi connectivity index (χ1n) is 7.96. The number of phenolic OH excluding ortho intramolecular Hbond substituents is 2. The highest BCUT2D eigenvalue weighted by atomic mass is 16.3. The highest BCUT2D eigenvalue weighted by molar-refractivity contribution is 5.97. The third-order valence-corrected chi connectivity index (χ3v) is 4.08. The standard InChI is InChI=1S/C19H22N2O4/c1-11(22)15-10-16(20)13(9-19(15)25)4-7-18(24)17(21)8-12-2-5-14(23)6-3-12/h2-3,5-6,9-10,17,23,25H,4,7-8,20-21H2,1H3/t17-/m0/s1. The van der Waals surface area contributed by atoms with Gasteiger partial charge in [0.25, 0.3) is 0 Å². The van der Waals surface area contributed by atoms with Crippen molar-refractivity contribution < 1.29 is 19.8 Å². The lowest BCUT2D eigenvalue weighted by molar-refractivity contribution is -0.120. The summed E-state index contributed by atoms with van der Waals surface area (Å²) in [4.78, 5) is 23.6. The quantitative estimate of drug-likeness (QED) is 0.346. The largest absolute Gasteiger partial charge is 0.508 e. The molecule has 0 saturated carbocycles. The van der Waals surface area contributed by atoms with Gasteiger partial charge in [-0.2, -0.15) is 0 Å². The van der Waals surface area contributed by atoms with Crippen molar-refractivity contribution in [1.29, 1.82) is 0 Å². The molecule has 0 aliphatic carbocycles.